The van der Waals surface area contributed by atoms with Crippen molar-refractivity contribution in [2.75, 3.05) is 20.8 Å². The van der Waals surface area contributed by atoms with Crippen LogP contribution >= 0.6 is 0 Å². The predicted molar refractivity (Wildman–Crippen MR) is 72.6 cm³/mol. The molecule has 2 heterocycles. The van der Waals surface area contributed by atoms with Gasteiger partial charge >= 0.3 is 17.7 Å². The van der Waals surface area contributed by atoms with Crippen molar-refractivity contribution in [1.29, 1.82) is 0 Å². The molecular formula is C13H18N2O8. The molecule has 23 heavy (non-hydrogen) atoms. The molecule has 1 fully saturated rings. The highest BCUT2D eigenvalue weighted by molar-refractivity contribution is 6.66. The summed E-state index contributed by atoms with van der Waals surface area (Å²) in [5.74, 6) is -3.20. The van der Waals surface area contributed by atoms with Gasteiger partial charge in [-0.05, 0) is 16.4 Å². The van der Waals surface area contributed by atoms with Gasteiger partial charge in [0.15, 0.2) is 6.29 Å². The molecule has 0 spiro atoms. The van der Waals surface area contributed by atoms with Crippen LogP contribution in [0.25, 0.3) is 0 Å². The topological polar surface area (TPSA) is 117 Å². The van der Waals surface area contributed by atoms with Crippen molar-refractivity contribution in [3.8, 4) is 0 Å². The second kappa shape index (κ2) is 6.50. The van der Waals surface area contributed by atoms with E-state index in [-0.39, 0.29) is 11.3 Å². The van der Waals surface area contributed by atoms with Gasteiger partial charge in [-0.25, -0.2) is 9.59 Å². The minimum absolute atomic E-state index is 0.0890. The van der Waals surface area contributed by atoms with Crippen LogP contribution in [0.2, 0.25) is 0 Å². The molecule has 0 unspecified atom stereocenters. The van der Waals surface area contributed by atoms with Crippen LogP contribution in [0.1, 0.15) is 26.2 Å². The minimum atomic E-state index is -2.07. The molecule has 0 amide bonds. The van der Waals surface area contributed by atoms with E-state index < -0.39 is 35.3 Å². The van der Waals surface area contributed by atoms with Crippen LogP contribution in [0.3, 0.4) is 0 Å². The van der Waals surface area contributed by atoms with Gasteiger partial charge < -0.3 is 19.4 Å². The summed E-state index contributed by atoms with van der Waals surface area (Å²) >= 11 is 0. The molecule has 2 atom stereocenters. The number of methoxy groups -OCH3 is 2. The maximum Gasteiger partial charge on any atom is 0.411 e. The van der Waals surface area contributed by atoms with Gasteiger partial charge in [0.05, 0.1) is 20.6 Å². The highest BCUT2D eigenvalue weighted by Crippen LogP contribution is 2.38. The lowest BCUT2D eigenvalue weighted by atomic mass is 9.89. The smallest absolute Gasteiger partial charge is 0.411 e. The Labute approximate surface area is 132 Å². The minimum Gasteiger partial charge on any atom is -0.594 e. The number of hydrazine groups is 1. The molecule has 0 aromatic rings. The zero-order chi connectivity index (χ0) is 17.2. The van der Waals surface area contributed by atoms with E-state index in [1.807, 2.05) is 6.92 Å². The molecule has 2 aliphatic heterocycles. The van der Waals surface area contributed by atoms with Gasteiger partial charge in [-0.1, -0.05) is 13.3 Å². The average molecular weight is 330 g/mol. The van der Waals surface area contributed by atoms with Crippen molar-refractivity contribution in [1.82, 2.24) is 5.17 Å². The number of hydrogen-bond donors (Lipinski definition) is 0. The first kappa shape index (κ1) is 17.2. The lowest BCUT2D eigenvalue weighted by Gasteiger charge is -2.20. The fraction of sp³-hybridized carbons (Fsp3) is 0.692. The molecule has 128 valence electrons. The second-order valence-corrected chi connectivity index (χ2v) is 5.03. The summed E-state index contributed by atoms with van der Waals surface area (Å²) in [6.45, 7) is 2.31. The third kappa shape index (κ3) is 2.53. The molecule has 0 radical (unpaired) electrons. The highest BCUT2D eigenvalue weighted by Gasteiger charge is 2.73. The van der Waals surface area contributed by atoms with Gasteiger partial charge in [-0.2, -0.15) is 4.84 Å². The number of fused-ring (bicyclic) bond motifs is 1. The third-order valence-electron chi connectivity index (χ3n) is 3.66. The first-order valence-electron chi connectivity index (χ1n) is 7.08. The molecule has 0 saturated carbocycles. The van der Waals surface area contributed by atoms with Gasteiger partial charge in [0.1, 0.15) is 0 Å². The van der Waals surface area contributed by atoms with E-state index in [1.165, 1.54) is 0 Å². The Balaban J connectivity index is 2.33. The summed E-state index contributed by atoms with van der Waals surface area (Å²) in [5, 5.41) is 12.7. The number of esters is 2. The van der Waals surface area contributed by atoms with Crippen molar-refractivity contribution in [3.05, 3.63) is 5.21 Å². The number of Topliss-reactive ketones (excluding diaryl/α,β-unsaturated/α-hetero) is 1. The Morgan fingerprint density at radius 1 is 1.43 bits per heavy atom. The lowest BCUT2D eigenvalue weighted by Crippen LogP contribution is -2.54. The molecular weight excluding hydrogens is 312 g/mol. The number of ether oxygens (including phenoxy) is 3. The summed E-state index contributed by atoms with van der Waals surface area (Å²) in [6.07, 6.45) is 0.396. The standard InChI is InChI=1S/C13H18N2O8/c1-4-5-6-22-8-7-13(12(18)21-3)10(16)9(11(17)20-2)14(19)15(13)23-8/h8H,4-7H2,1-3H3/t8-,13-/m0/s1. The summed E-state index contributed by atoms with van der Waals surface area (Å²) in [7, 11) is 2.08. The van der Waals surface area contributed by atoms with Gasteiger partial charge in [-0.15, -0.1) is 0 Å². The summed E-state index contributed by atoms with van der Waals surface area (Å²) in [4.78, 5) is 41.5. The summed E-state index contributed by atoms with van der Waals surface area (Å²) in [6, 6.07) is 0. The van der Waals surface area contributed by atoms with Crippen molar-refractivity contribution < 1.29 is 38.3 Å². The van der Waals surface area contributed by atoms with Crippen molar-refractivity contribution in [2.24, 2.45) is 0 Å². The monoisotopic (exact) mass is 330 g/mol. The van der Waals surface area contributed by atoms with Crippen LogP contribution in [0.4, 0.5) is 0 Å². The van der Waals surface area contributed by atoms with Crippen LogP contribution in [-0.2, 0) is 33.4 Å². The van der Waals surface area contributed by atoms with Gasteiger partial charge in [0, 0.05) is 6.61 Å². The molecule has 2 rings (SSSR count). The average Bonchev–Trinajstić information content (AvgIpc) is 3.02. The van der Waals surface area contributed by atoms with Crippen LogP contribution in [0.15, 0.2) is 0 Å². The second-order valence-electron chi connectivity index (χ2n) is 5.03. The zero-order valence-electron chi connectivity index (χ0n) is 13.1. The number of hydrazone groups is 1. The zero-order valence-corrected chi connectivity index (χ0v) is 13.1. The quantitative estimate of drug-likeness (QED) is 0.205. The number of hydrogen-bond acceptors (Lipinski definition) is 9. The van der Waals surface area contributed by atoms with Crippen LogP contribution in [0.5, 0.6) is 0 Å². The Hall–Kier alpha value is -2.20. The van der Waals surface area contributed by atoms with E-state index >= 15 is 0 Å². The Morgan fingerprint density at radius 2 is 2.13 bits per heavy atom. The van der Waals surface area contributed by atoms with Gasteiger partial charge in [0.2, 0.25) is 0 Å². The summed E-state index contributed by atoms with van der Waals surface area (Å²) in [5.41, 5.74) is -2.92. The van der Waals surface area contributed by atoms with E-state index in [0.717, 1.165) is 27.1 Å². The first-order valence-corrected chi connectivity index (χ1v) is 7.08. The van der Waals surface area contributed by atoms with Crippen LogP contribution in [-0.4, -0.2) is 66.1 Å². The van der Waals surface area contributed by atoms with Crippen LogP contribution < -0.4 is 0 Å². The normalized spacial score (nSPS) is 26.5. The van der Waals surface area contributed by atoms with Crippen molar-refractivity contribution in [2.45, 2.75) is 38.0 Å². The molecule has 0 aromatic carbocycles. The Kier molecular flexibility index (Phi) is 4.85. The molecule has 1 saturated heterocycles. The predicted octanol–water partition coefficient (Wildman–Crippen LogP) is -0.700. The molecule has 2 aliphatic rings. The first-order chi connectivity index (χ1) is 10.9. The molecule has 0 aromatic heterocycles. The van der Waals surface area contributed by atoms with Gasteiger partial charge in [-0.3, -0.25) is 4.79 Å². The highest BCUT2D eigenvalue weighted by atomic mass is 16.9. The SMILES string of the molecule is CCCCO[C@@H]1C[C@@]2(C(=O)OC)C(=O)C(C(=O)OC)=[N+]([O-])N2O1. The maximum atomic E-state index is 12.5. The van der Waals surface area contributed by atoms with E-state index in [4.69, 9.17) is 9.57 Å². The maximum absolute atomic E-state index is 12.5. The number of unbranched alkanes of at least 4 members (excludes halogenated alkanes) is 1. The van der Waals surface area contributed by atoms with E-state index in [2.05, 4.69) is 9.47 Å². The molecule has 0 bridgehead atoms. The Morgan fingerprint density at radius 3 is 2.70 bits per heavy atom. The number of nitrogens with zero attached hydrogens (tertiary/aromatic N) is 2. The number of carbonyl (C=O) groups is 3. The van der Waals surface area contributed by atoms with Crippen molar-refractivity contribution >= 4 is 23.4 Å². The van der Waals surface area contributed by atoms with E-state index in [0.29, 0.717) is 11.8 Å². The third-order valence-corrected chi connectivity index (χ3v) is 3.66. The fourth-order valence-electron chi connectivity index (χ4n) is 2.45. The summed E-state index contributed by atoms with van der Waals surface area (Å²) < 4.78 is 14.4. The lowest BCUT2D eigenvalue weighted by molar-refractivity contribution is -0.719. The Bertz CT molecular complexity index is 560. The molecule has 0 aliphatic carbocycles. The molecule has 0 N–H and O–H groups in total. The fourth-order valence-corrected chi connectivity index (χ4v) is 2.45. The number of hydroxylamine groups is 1. The van der Waals surface area contributed by atoms with Gasteiger partial charge in [0.25, 0.3) is 11.3 Å². The van der Waals surface area contributed by atoms with E-state index in [9.17, 15) is 19.6 Å². The molecule has 10 nitrogen and oxygen atoms in total. The van der Waals surface area contributed by atoms with Crippen molar-refractivity contribution in [3.63, 3.8) is 0 Å². The van der Waals surface area contributed by atoms with Crippen LogP contribution in [0, 0.1) is 5.21 Å². The number of carbonyl (C=O) groups excluding carboxylic acids is 3. The molecule has 10 heteroatoms. The van der Waals surface area contributed by atoms with E-state index in [1.54, 1.807) is 0 Å². The number of rotatable bonds is 6. The largest absolute Gasteiger partial charge is 0.594 e. The number of ketones is 1.